The summed E-state index contributed by atoms with van der Waals surface area (Å²) in [6.07, 6.45) is 2.12. The summed E-state index contributed by atoms with van der Waals surface area (Å²) < 4.78 is 29.1. The van der Waals surface area contributed by atoms with E-state index >= 15 is 0 Å². The molecule has 2 heterocycles. The molecule has 3 rings (SSSR count). The summed E-state index contributed by atoms with van der Waals surface area (Å²) in [6.45, 7) is 1.98. The Bertz CT molecular complexity index is 974. The molecule has 2 saturated heterocycles. The van der Waals surface area contributed by atoms with Gasteiger partial charge in [-0.1, -0.05) is 42.2 Å². The number of thiocarbonyl (C=S) groups is 1. The van der Waals surface area contributed by atoms with Gasteiger partial charge in [0.05, 0.1) is 23.5 Å². The number of ether oxygens (including phenoxy) is 1. The monoisotopic (exact) mass is 454 g/mol. The number of hydrogen-bond donors (Lipinski definition) is 0. The molecule has 2 aliphatic rings. The van der Waals surface area contributed by atoms with Crippen molar-refractivity contribution in [2.24, 2.45) is 0 Å². The SMILES string of the molecule is CCN(C(=O)CN1C(=O)/C(=C/c2ccccc2OC)SC1=S)[C@H]1CCS(=O)(=O)C1. The van der Waals surface area contributed by atoms with E-state index in [9.17, 15) is 18.0 Å². The van der Waals surface area contributed by atoms with E-state index in [1.54, 1.807) is 26.2 Å². The number of carbonyl (C=O) groups excluding carboxylic acids is 2. The predicted octanol–water partition coefficient (Wildman–Crippen LogP) is 1.93. The van der Waals surface area contributed by atoms with Crippen LogP contribution in [0, 0.1) is 0 Å². The molecule has 2 amide bonds. The smallest absolute Gasteiger partial charge is 0.266 e. The molecule has 0 aliphatic carbocycles. The van der Waals surface area contributed by atoms with Gasteiger partial charge >= 0.3 is 0 Å². The van der Waals surface area contributed by atoms with Crippen LogP contribution < -0.4 is 4.74 Å². The van der Waals surface area contributed by atoms with Crippen LogP contribution in [0.2, 0.25) is 0 Å². The minimum absolute atomic E-state index is 0.0291. The fourth-order valence-corrected chi connectivity index (χ4v) is 6.43. The van der Waals surface area contributed by atoms with Crippen LogP contribution >= 0.6 is 24.0 Å². The third-order valence-electron chi connectivity index (χ3n) is 4.90. The van der Waals surface area contributed by atoms with E-state index < -0.39 is 9.84 Å². The zero-order chi connectivity index (χ0) is 21.2. The highest BCUT2D eigenvalue weighted by molar-refractivity contribution is 8.26. The molecule has 1 aromatic carbocycles. The fraction of sp³-hybridized carbons (Fsp3) is 0.421. The van der Waals surface area contributed by atoms with Gasteiger partial charge in [-0.05, 0) is 25.5 Å². The molecule has 0 saturated carbocycles. The topological polar surface area (TPSA) is 84.0 Å². The molecule has 7 nitrogen and oxygen atoms in total. The molecule has 29 heavy (non-hydrogen) atoms. The summed E-state index contributed by atoms with van der Waals surface area (Å²) >= 11 is 6.45. The van der Waals surface area contributed by atoms with Gasteiger partial charge in [-0.2, -0.15) is 0 Å². The van der Waals surface area contributed by atoms with Crippen molar-refractivity contribution in [3.63, 3.8) is 0 Å². The van der Waals surface area contributed by atoms with Crippen LogP contribution in [0.25, 0.3) is 6.08 Å². The standard InChI is InChI=1S/C19H22N2O5S3/c1-3-20(14-8-9-29(24,25)12-14)17(22)11-21-18(23)16(28-19(21)27)10-13-6-4-5-7-15(13)26-2/h4-7,10,14H,3,8-9,11-12H2,1-2H3/b16-10-/t14-/m0/s1. The van der Waals surface area contributed by atoms with Crippen molar-refractivity contribution in [3.8, 4) is 5.75 Å². The number of rotatable bonds is 6. The zero-order valence-electron chi connectivity index (χ0n) is 16.2. The first-order valence-corrected chi connectivity index (χ1v) is 12.2. The number of carbonyl (C=O) groups is 2. The van der Waals surface area contributed by atoms with Crippen molar-refractivity contribution >= 4 is 56.0 Å². The van der Waals surface area contributed by atoms with E-state index in [-0.39, 0.29) is 35.9 Å². The number of nitrogens with zero attached hydrogens (tertiary/aromatic N) is 2. The third kappa shape index (κ3) is 4.81. The molecular formula is C19H22N2O5S3. The Balaban J connectivity index is 1.74. The fourth-order valence-electron chi connectivity index (χ4n) is 3.45. The van der Waals surface area contributed by atoms with E-state index in [1.165, 1.54) is 9.80 Å². The lowest BCUT2D eigenvalue weighted by Crippen LogP contribution is -2.47. The second-order valence-electron chi connectivity index (χ2n) is 6.75. The maximum absolute atomic E-state index is 12.8. The van der Waals surface area contributed by atoms with Gasteiger partial charge in [0, 0.05) is 18.2 Å². The summed E-state index contributed by atoms with van der Waals surface area (Å²) in [6, 6.07) is 6.96. The van der Waals surface area contributed by atoms with E-state index in [4.69, 9.17) is 17.0 Å². The minimum Gasteiger partial charge on any atom is -0.496 e. The maximum atomic E-state index is 12.8. The molecule has 0 bridgehead atoms. The quantitative estimate of drug-likeness (QED) is 0.480. The number of benzene rings is 1. The Morgan fingerprint density at radius 1 is 1.41 bits per heavy atom. The number of likely N-dealkylation sites (N-methyl/N-ethyl adjacent to an activating group) is 1. The Morgan fingerprint density at radius 3 is 2.76 bits per heavy atom. The van der Waals surface area contributed by atoms with Crippen LogP contribution in [0.1, 0.15) is 18.9 Å². The summed E-state index contributed by atoms with van der Waals surface area (Å²) in [4.78, 5) is 28.9. The lowest BCUT2D eigenvalue weighted by atomic mass is 10.2. The van der Waals surface area contributed by atoms with E-state index in [0.29, 0.717) is 27.9 Å². The van der Waals surface area contributed by atoms with Gasteiger partial charge in [0.2, 0.25) is 5.91 Å². The average Bonchev–Trinajstić information content (AvgIpc) is 3.16. The van der Waals surface area contributed by atoms with E-state index in [0.717, 1.165) is 17.3 Å². The normalized spacial score (nSPS) is 22.3. The third-order valence-corrected chi connectivity index (χ3v) is 8.03. The lowest BCUT2D eigenvalue weighted by Gasteiger charge is -2.28. The highest BCUT2D eigenvalue weighted by Gasteiger charge is 2.38. The van der Waals surface area contributed by atoms with E-state index in [2.05, 4.69) is 0 Å². The van der Waals surface area contributed by atoms with Gasteiger partial charge in [0.1, 0.15) is 16.6 Å². The van der Waals surface area contributed by atoms with Crippen molar-refractivity contribution < 1.29 is 22.7 Å². The molecule has 0 radical (unpaired) electrons. The molecule has 156 valence electrons. The van der Waals surface area contributed by atoms with E-state index in [1.807, 2.05) is 18.2 Å². The highest BCUT2D eigenvalue weighted by Crippen LogP contribution is 2.34. The van der Waals surface area contributed by atoms with Gasteiger partial charge in [-0.15, -0.1) is 0 Å². The van der Waals surface area contributed by atoms with Crippen LogP contribution in [0.3, 0.4) is 0 Å². The van der Waals surface area contributed by atoms with Crippen molar-refractivity contribution in [1.82, 2.24) is 9.80 Å². The molecule has 1 aromatic rings. The van der Waals surface area contributed by atoms with Crippen LogP contribution in [-0.2, 0) is 19.4 Å². The molecule has 10 heteroatoms. The van der Waals surface area contributed by atoms with Gasteiger partial charge in [-0.3, -0.25) is 14.5 Å². The number of hydrogen-bond acceptors (Lipinski definition) is 7. The number of thioether (sulfide) groups is 1. The largest absolute Gasteiger partial charge is 0.496 e. The first-order chi connectivity index (χ1) is 13.8. The Labute approximate surface area is 180 Å². The van der Waals surface area contributed by atoms with Gasteiger partial charge in [0.25, 0.3) is 5.91 Å². The van der Waals surface area contributed by atoms with Crippen LogP contribution in [0.4, 0.5) is 0 Å². The highest BCUT2D eigenvalue weighted by atomic mass is 32.2. The van der Waals surface area contributed by atoms with Crippen LogP contribution in [0.5, 0.6) is 5.75 Å². The van der Waals surface area contributed by atoms with Crippen molar-refractivity contribution in [2.75, 3.05) is 31.7 Å². The number of amides is 2. The number of sulfone groups is 1. The molecule has 0 spiro atoms. The van der Waals surface area contributed by atoms with Gasteiger partial charge in [-0.25, -0.2) is 8.42 Å². The zero-order valence-corrected chi connectivity index (χ0v) is 18.6. The first kappa shape index (κ1) is 21.8. The summed E-state index contributed by atoms with van der Waals surface area (Å²) in [7, 11) is -1.55. The molecule has 0 N–H and O–H groups in total. The maximum Gasteiger partial charge on any atom is 0.266 e. The van der Waals surface area contributed by atoms with Crippen molar-refractivity contribution in [2.45, 2.75) is 19.4 Å². The van der Waals surface area contributed by atoms with Gasteiger partial charge in [0.15, 0.2) is 9.84 Å². The summed E-state index contributed by atoms with van der Waals surface area (Å²) in [5.41, 5.74) is 0.744. The molecule has 2 aliphatic heterocycles. The van der Waals surface area contributed by atoms with Crippen molar-refractivity contribution in [1.29, 1.82) is 0 Å². The lowest BCUT2D eigenvalue weighted by molar-refractivity contribution is -0.136. The molecular weight excluding hydrogens is 432 g/mol. The average molecular weight is 455 g/mol. The second-order valence-corrected chi connectivity index (χ2v) is 10.7. The first-order valence-electron chi connectivity index (χ1n) is 9.14. The van der Waals surface area contributed by atoms with Crippen molar-refractivity contribution in [3.05, 3.63) is 34.7 Å². The number of methoxy groups -OCH3 is 1. The Morgan fingerprint density at radius 2 is 2.14 bits per heavy atom. The summed E-state index contributed by atoms with van der Waals surface area (Å²) in [5, 5.41) is 0. The predicted molar refractivity (Wildman–Crippen MR) is 117 cm³/mol. The minimum atomic E-state index is -3.11. The summed E-state index contributed by atoms with van der Waals surface area (Å²) in [5.74, 6) is 0.0512. The Kier molecular flexibility index (Phi) is 6.65. The van der Waals surface area contributed by atoms with Crippen LogP contribution in [0.15, 0.2) is 29.2 Å². The van der Waals surface area contributed by atoms with Crippen LogP contribution in [-0.4, -0.2) is 72.1 Å². The molecule has 0 unspecified atom stereocenters. The number of para-hydroxylation sites is 1. The van der Waals surface area contributed by atoms with Gasteiger partial charge < -0.3 is 9.64 Å². The molecule has 1 atom stereocenters. The molecule has 0 aromatic heterocycles. The second kappa shape index (κ2) is 8.85. The Hall–Kier alpha value is -1.91. The molecule has 2 fully saturated rings.